The van der Waals surface area contributed by atoms with Gasteiger partial charge in [0, 0.05) is 87.5 Å². The molecule has 2 aliphatic heterocycles. The minimum atomic E-state index is -0.777. The summed E-state index contributed by atoms with van der Waals surface area (Å²) in [5, 5.41) is 42.0. The summed E-state index contributed by atoms with van der Waals surface area (Å²) in [4.78, 5) is 79.8. The van der Waals surface area contributed by atoms with Crippen molar-refractivity contribution in [2.24, 2.45) is 22.6 Å². The van der Waals surface area contributed by atoms with E-state index in [4.69, 9.17) is 84.7 Å². The van der Waals surface area contributed by atoms with Crippen LogP contribution in [0.25, 0.3) is 0 Å². The van der Waals surface area contributed by atoms with Crippen LogP contribution in [-0.2, 0) is 47.9 Å². The normalized spacial score (nSPS) is 13.8. The Morgan fingerprint density at radius 3 is 1.17 bits per heavy atom. The van der Waals surface area contributed by atoms with Gasteiger partial charge in [-0.3, -0.25) is 34.2 Å². The second kappa shape index (κ2) is 45.1. The maximum Gasteiger partial charge on any atom is 0.251 e. The number of benzene rings is 6. The van der Waals surface area contributed by atoms with Crippen molar-refractivity contribution in [1.29, 1.82) is 10.7 Å². The number of nitrogens with two attached hydrogens (primary N) is 1. The van der Waals surface area contributed by atoms with E-state index in [9.17, 15) is 28.8 Å². The maximum absolute atomic E-state index is 12.8. The lowest BCUT2D eigenvalue weighted by Crippen LogP contribution is -2.47. The molecule has 5 atom stereocenters. The van der Waals surface area contributed by atoms with Crippen LogP contribution in [0, 0.1) is 28.6 Å². The van der Waals surface area contributed by atoms with Crippen LogP contribution in [0.1, 0.15) is 147 Å². The van der Waals surface area contributed by atoms with Crippen molar-refractivity contribution in [1.82, 2.24) is 31.9 Å². The third kappa shape index (κ3) is 29.8. The molecule has 2 heterocycles. The van der Waals surface area contributed by atoms with Gasteiger partial charge in [-0.25, -0.2) is 4.99 Å². The summed E-state index contributed by atoms with van der Waals surface area (Å²) in [6, 6.07) is 35.8. The Labute approximate surface area is 626 Å². The molecule has 0 aliphatic carbocycles. The second-order valence-electron chi connectivity index (χ2n) is 25.7. The van der Waals surface area contributed by atoms with E-state index in [0.717, 1.165) is 35.5 Å². The molecule has 0 spiro atoms. The van der Waals surface area contributed by atoms with Crippen LogP contribution in [0.2, 0.25) is 15.1 Å². The highest BCUT2D eigenvalue weighted by atomic mass is 35.5. The van der Waals surface area contributed by atoms with E-state index in [0.29, 0.717) is 97.3 Å². The lowest BCUT2D eigenvalue weighted by atomic mass is 10.0. The molecule has 1 fully saturated rings. The van der Waals surface area contributed by atoms with Crippen LogP contribution in [-0.4, -0.2) is 156 Å². The number of ether oxygens (including phenoxy) is 6. The molecular formula is C78H101Cl3N10O13. The predicted octanol–water partition coefficient (Wildman–Crippen LogP) is 11.0. The first-order valence-corrected chi connectivity index (χ1v) is 35.5. The number of methoxy groups -OCH3 is 1. The number of nitriles is 1. The molecule has 6 aromatic carbocycles. The lowest BCUT2D eigenvalue weighted by Gasteiger charge is -2.18. The van der Waals surface area contributed by atoms with E-state index in [-0.39, 0.29) is 67.0 Å². The topological polar surface area (TPSA) is 336 Å². The van der Waals surface area contributed by atoms with Gasteiger partial charge in [-0.1, -0.05) is 98.9 Å². The average Bonchev–Trinajstić information content (AvgIpc) is 1.13. The van der Waals surface area contributed by atoms with E-state index < -0.39 is 35.8 Å². The lowest BCUT2D eigenvalue weighted by molar-refractivity contribution is -0.123. The van der Waals surface area contributed by atoms with E-state index in [1.54, 1.807) is 92.0 Å². The first-order chi connectivity index (χ1) is 49.4. The largest absolute Gasteiger partial charge is 0.489 e. The molecule has 562 valence electrons. The molecule has 8 rings (SSSR count). The first kappa shape index (κ1) is 87.1. The number of carbonyl (C=O) groups is 6. The van der Waals surface area contributed by atoms with Crippen molar-refractivity contribution in [2.75, 3.05) is 54.7 Å². The summed E-state index contributed by atoms with van der Waals surface area (Å²) in [6.45, 7) is 22.2. The summed E-state index contributed by atoms with van der Waals surface area (Å²) in [6.07, 6.45) is 3.34. The van der Waals surface area contributed by atoms with Gasteiger partial charge in [0.15, 0.2) is 0 Å². The Kier molecular flexibility index (Phi) is 37.7. The fourth-order valence-electron chi connectivity index (χ4n) is 9.58. The Balaban J connectivity index is 0.000000305. The molecule has 0 saturated carbocycles. The summed E-state index contributed by atoms with van der Waals surface area (Å²) in [7, 11) is 6.00. The minimum absolute atomic E-state index is 0.0369. The van der Waals surface area contributed by atoms with Crippen molar-refractivity contribution >= 4 is 82.0 Å². The number of hydrogen-bond donors (Lipinski definition) is 9. The number of likely N-dealkylation sites (N-methyl/N-ethyl adjacent to an activating group) is 3. The highest BCUT2D eigenvalue weighted by molar-refractivity contribution is 6.33. The highest BCUT2D eigenvalue weighted by Gasteiger charge is 2.27. The molecule has 26 heteroatoms. The first-order valence-electron chi connectivity index (χ1n) is 34.4. The number of hydrogen-bond acceptors (Lipinski definition) is 17. The monoisotopic (exact) mass is 1490 g/mol. The smallest absolute Gasteiger partial charge is 0.251 e. The van der Waals surface area contributed by atoms with E-state index in [1.807, 2.05) is 85.7 Å². The quantitative estimate of drug-likeness (QED) is 0.0180. The number of rotatable bonds is 26. The SMILES string of the molecule is C1CCOC1.CC(C)C(N)CO.CNC(=O)[C@H](Cc1ccc(C#N)cc1)NC(=O)c1ccc(OC(C)C)c(Cl)c1.CNC(=O)[C@H](Cc1ccc(C(=N)OC)cc1)NC(=O)c1ccc(OC(C)C)c(Cl)c1.CNC(=O)[C@H](Cc1ccc(C2=NC(C(C)C)CO2)cc1)NC(=O)c1ccc(OC(C)C)c(Cl)c1. The standard InChI is InChI=1S/C26H32ClN3O4.C22H26ClN3O4.C21H22ClN3O3.C5H13NO.C4H8O/c1-15(2)22-14-33-26(30-22)18-8-6-17(7-9-18)12-21(25(32)28-5)29-24(31)19-10-11-23(20(27)13-19)34-16(3)4;1-13(2)30-19-10-9-16(12-17(19)23)21(27)26-18(22(28)25-3)11-14-5-7-15(8-6-14)20(24)29-4;1-13(2)28-19-9-8-16(11-17(19)22)20(26)25-18(21(27)24-3)10-14-4-6-15(12-23)7-5-14;1-4(2)5(6)3-7;1-2-4-5-3-1/h6-11,13,15-16,21-22H,12,14H2,1-5H3,(H,28,32)(H,29,31);5-10,12-13,18,24H,11H2,1-4H3,(H,25,28)(H,26,27);4-9,11,13,18H,10H2,1-3H3,(H,24,27)(H,25,26);4-5,7H,3,6H2,1-2H3;1-4H2/t21-,22?;2*18-;;/m000../s1. The third-order valence-electron chi connectivity index (χ3n) is 15.6. The van der Waals surface area contributed by atoms with Gasteiger partial charge in [-0.2, -0.15) is 5.26 Å². The fourth-order valence-corrected chi connectivity index (χ4v) is 10.3. The number of halogens is 3. The Morgan fingerprint density at radius 2 is 0.913 bits per heavy atom. The van der Waals surface area contributed by atoms with Crippen molar-refractivity contribution in [3.8, 4) is 23.3 Å². The van der Waals surface area contributed by atoms with Crippen LogP contribution in [0.15, 0.2) is 132 Å². The predicted molar refractivity (Wildman–Crippen MR) is 408 cm³/mol. The van der Waals surface area contributed by atoms with Crippen LogP contribution in [0.3, 0.4) is 0 Å². The van der Waals surface area contributed by atoms with E-state index in [1.165, 1.54) is 52.2 Å². The van der Waals surface area contributed by atoms with Gasteiger partial charge in [-0.15, -0.1) is 0 Å². The Bertz CT molecular complexity index is 3820. The van der Waals surface area contributed by atoms with Crippen LogP contribution < -0.4 is 51.8 Å². The maximum atomic E-state index is 12.8. The molecule has 2 aliphatic rings. The second-order valence-corrected chi connectivity index (χ2v) is 26.9. The molecule has 6 amide bonds. The molecule has 0 aromatic heterocycles. The molecule has 2 unspecified atom stereocenters. The van der Waals surface area contributed by atoms with Crippen molar-refractivity contribution in [3.63, 3.8) is 0 Å². The third-order valence-corrected chi connectivity index (χ3v) is 16.5. The Hall–Kier alpha value is -9.28. The van der Waals surface area contributed by atoms with Crippen molar-refractivity contribution < 1.29 is 62.3 Å². The molecule has 10 N–H and O–H groups in total. The zero-order valence-electron chi connectivity index (χ0n) is 61.7. The van der Waals surface area contributed by atoms with Crippen LogP contribution >= 0.6 is 34.8 Å². The summed E-state index contributed by atoms with van der Waals surface area (Å²) >= 11 is 18.7. The highest BCUT2D eigenvalue weighted by Crippen LogP contribution is 2.30. The number of nitrogens with zero attached hydrogens (tertiary/aromatic N) is 2. The van der Waals surface area contributed by atoms with Gasteiger partial charge in [0.2, 0.25) is 29.5 Å². The van der Waals surface area contributed by atoms with Crippen LogP contribution in [0.4, 0.5) is 0 Å². The van der Waals surface area contributed by atoms with E-state index in [2.05, 4.69) is 50.7 Å². The number of carbonyl (C=O) groups excluding carboxylic acids is 6. The number of aliphatic hydroxyl groups excluding tert-OH is 1. The molecule has 1 saturated heterocycles. The van der Waals surface area contributed by atoms with Crippen molar-refractivity contribution in [3.05, 3.63) is 193 Å². The van der Waals surface area contributed by atoms with Gasteiger partial charge in [-0.05, 0) is 174 Å². The molecule has 23 nitrogen and oxygen atoms in total. The van der Waals surface area contributed by atoms with E-state index >= 15 is 0 Å². The molecule has 0 bridgehead atoms. The number of aliphatic hydroxyl groups is 1. The average molecular weight is 1490 g/mol. The van der Waals surface area contributed by atoms with Gasteiger partial charge >= 0.3 is 0 Å². The summed E-state index contributed by atoms with van der Waals surface area (Å²) < 4.78 is 32.3. The molecule has 6 aromatic rings. The van der Waals surface area contributed by atoms with Gasteiger partial charge < -0.3 is 71.2 Å². The number of amides is 6. The number of aliphatic imine (C=N–C) groups is 1. The summed E-state index contributed by atoms with van der Waals surface area (Å²) in [5.74, 6) is 0.859. The fraction of sp³-hybridized carbons (Fsp3) is 0.423. The Morgan fingerprint density at radius 1 is 0.567 bits per heavy atom. The van der Waals surface area contributed by atoms with Gasteiger partial charge in [0.1, 0.15) is 42.0 Å². The molecule has 104 heavy (non-hydrogen) atoms. The van der Waals surface area contributed by atoms with Gasteiger partial charge in [0.05, 0.1) is 64.8 Å². The van der Waals surface area contributed by atoms with Crippen LogP contribution in [0.5, 0.6) is 17.2 Å². The molecule has 0 radical (unpaired) electrons. The van der Waals surface area contributed by atoms with Crippen molar-refractivity contribution in [2.45, 2.75) is 150 Å². The number of nitrogens with one attached hydrogen (secondary N) is 7. The summed E-state index contributed by atoms with van der Waals surface area (Å²) in [5.41, 5.74) is 11.0. The van der Waals surface area contributed by atoms with Gasteiger partial charge in [0.25, 0.3) is 17.7 Å². The minimum Gasteiger partial charge on any atom is -0.489 e. The zero-order valence-corrected chi connectivity index (χ0v) is 64.0. The zero-order chi connectivity index (χ0) is 77.2. The molecular weight excluding hydrogens is 1390 g/mol.